The van der Waals surface area contributed by atoms with Crippen molar-refractivity contribution < 1.29 is 4.55 Å². The van der Waals surface area contributed by atoms with E-state index in [4.69, 9.17) is 22.0 Å². The second kappa shape index (κ2) is 6.43. The molecule has 1 aliphatic rings. The first kappa shape index (κ1) is 14.6. The van der Waals surface area contributed by atoms with Crippen LogP contribution in [0.25, 0.3) is 0 Å². The molecule has 17 heavy (non-hydrogen) atoms. The molecule has 0 bridgehead atoms. The van der Waals surface area contributed by atoms with E-state index in [0.717, 1.165) is 24.0 Å². The van der Waals surface area contributed by atoms with Crippen LogP contribution in [0.4, 0.5) is 0 Å². The van der Waals surface area contributed by atoms with E-state index in [1.165, 1.54) is 0 Å². The van der Waals surface area contributed by atoms with Crippen LogP contribution in [0.3, 0.4) is 0 Å². The number of nitrogens with one attached hydrogen (secondary N) is 1. The molecule has 1 fully saturated rings. The maximum absolute atomic E-state index is 11.0. The van der Waals surface area contributed by atoms with Gasteiger partial charge >= 0.3 is 0 Å². The van der Waals surface area contributed by atoms with Gasteiger partial charge in [0, 0.05) is 5.03 Å². The molecule has 0 amide bonds. The molecule has 0 heterocycles. The van der Waals surface area contributed by atoms with Crippen molar-refractivity contribution in [2.75, 3.05) is 0 Å². The van der Waals surface area contributed by atoms with Gasteiger partial charge in [-0.2, -0.15) is 5.26 Å². The number of nitrogens with zero attached hydrogens (tertiary/aromatic N) is 1. The molecule has 3 N–H and O–H groups in total. The van der Waals surface area contributed by atoms with E-state index in [1.807, 2.05) is 13.0 Å². The van der Waals surface area contributed by atoms with Crippen LogP contribution in [0.1, 0.15) is 26.7 Å². The summed E-state index contributed by atoms with van der Waals surface area (Å²) in [6.45, 7) is 3.62. The van der Waals surface area contributed by atoms with Crippen LogP contribution in [0, 0.1) is 17.2 Å². The number of rotatable bonds is 3. The summed E-state index contributed by atoms with van der Waals surface area (Å²) in [4.78, 5) is 0. The smallest absolute Gasteiger partial charge is 0.132 e. The number of allylic oxidation sites excluding steroid dienone is 2. The monoisotopic (exact) mass is 273 g/mol. The number of hydrogen-bond acceptors (Lipinski definition) is 4. The van der Waals surface area contributed by atoms with Gasteiger partial charge in [0.2, 0.25) is 0 Å². The molecule has 1 rings (SSSR count). The van der Waals surface area contributed by atoms with Crippen LogP contribution in [0.2, 0.25) is 0 Å². The van der Waals surface area contributed by atoms with Gasteiger partial charge < -0.3 is 4.55 Å². The number of halogens is 1. The van der Waals surface area contributed by atoms with Gasteiger partial charge in [0.1, 0.15) is 11.5 Å². The molecule has 0 spiro atoms. The van der Waals surface area contributed by atoms with Gasteiger partial charge in [-0.1, -0.05) is 17.7 Å². The van der Waals surface area contributed by atoms with Gasteiger partial charge in [-0.3, -0.25) is 0 Å². The summed E-state index contributed by atoms with van der Waals surface area (Å²) in [5, 5.41) is 14.7. The number of hydrogen-bond donors (Lipinski definition) is 2. The average Bonchev–Trinajstić information content (AvgIpc) is 2.59. The molecule has 0 aliphatic heterocycles. The average molecular weight is 274 g/mol. The third-order valence-corrected chi connectivity index (χ3v) is 3.40. The van der Waals surface area contributed by atoms with E-state index in [-0.39, 0.29) is 12.0 Å². The summed E-state index contributed by atoms with van der Waals surface area (Å²) in [5.74, 6) is -0.154. The minimum Gasteiger partial charge on any atom is -0.579 e. The van der Waals surface area contributed by atoms with Crippen LogP contribution in [-0.2, 0) is 11.5 Å². The van der Waals surface area contributed by atoms with Crippen molar-refractivity contribution in [2.24, 2.45) is 11.1 Å². The lowest BCUT2D eigenvalue weighted by atomic mass is 10.0. The highest BCUT2D eigenvalue weighted by Gasteiger charge is 2.30. The molecule has 3 atom stereocenters. The Bertz CT molecular complexity index is 383. The van der Waals surface area contributed by atoms with Crippen LogP contribution in [0.15, 0.2) is 22.3 Å². The fraction of sp³-hybridized carbons (Fsp3) is 0.545. The van der Waals surface area contributed by atoms with Gasteiger partial charge in [0.15, 0.2) is 0 Å². The Hall–Kier alpha value is -0.510. The molecule has 4 nitrogen and oxygen atoms in total. The van der Waals surface area contributed by atoms with Crippen molar-refractivity contribution in [1.82, 2.24) is 4.72 Å². The standard InChI is InChI=1S/C11H16ClN3OS/c1-7(6-13)5-9-3-4-10(15-17(14)16)11(9)8(2)12/h5,7,10,15H,3-4,14H2,1-2H3/b9-5-,11-8-. The fourth-order valence-electron chi connectivity index (χ4n) is 2.03. The fourth-order valence-corrected chi connectivity index (χ4v) is 2.80. The molecule has 0 saturated heterocycles. The normalized spacial score (nSPS) is 28.9. The molecule has 6 heteroatoms. The predicted molar refractivity (Wildman–Crippen MR) is 69.9 cm³/mol. The van der Waals surface area contributed by atoms with Crippen LogP contribution < -0.4 is 9.86 Å². The van der Waals surface area contributed by atoms with Gasteiger partial charge in [-0.25, -0.2) is 0 Å². The van der Waals surface area contributed by atoms with Gasteiger partial charge in [0.25, 0.3) is 0 Å². The lowest BCUT2D eigenvalue weighted by molar-refractivity contribution is 0.568. The molecular formula is C11H16ClN3OS. The zero-order valence-corrected chi connectivity index (χ0v) is 11.4. The minimum absolute atomic E-state index is 0.0875. The van der Waals surface area contributed by atoms with E-state index in [0.29, 0.717) is 5.03 Å². The third kappa shape index (κ3) is 4.02. The molecule has 0 aromatic heterocycles. The topological polar surface area (TPSA) is 84.9 Å². The van der Waals surface area contributed by atoms with Crippen LogP contribution in [0.5, 0.6) is 0 Å². The molecule has 0 aromatic carbocycles. The zero-order valence-electron chi connectivity index (χ0n) is 9.87. The summed E-state index contributed by atoms with van der Waals surface area (Å²) in [5.41, 5.74) is 1.97. The largest absolute Gasteiger partial charge is 0.579 e. The van der Waals surface area contributed by atoms with Crippen molar-refractivity contribution in [3.8, 4) is 6.07 Å². The van der Waals surface area contributed by atoms with Crippen molar-refractivity contribution >= 4 is 23.1 Å². The molecule has 3 unspecified atom stereocenters. The van der Waals surface area contributed by atoms with Gasteiger partial charge in [0.05, 0.1) is 18.0 Å². The third-order valence-electron chi connectivity index (χ3n) is 2.68. The molecular weight excluding hydrogens is 258 g/mol. The van der Waals surface area contributed by atoms with Crippen molar-refractivity contribution in [1.29, 1.82) is 5.26 Å². The quantitative estimate of drug-likeness (QED) is 0.769. The van der Waals surface area contributed by atoms with Crippen LogP contribution >= 0.6 is 11.6 Å². The molecule has 0 radical (unpaired) electrons. The number of nitrogens with two attached hydrogens (primary N) is 1. The first-order valence-corrected chi connectivity index (χ1v) is 6.94. The summed E-state index contributed by atoms with van der Waals surface area (Å²) in [6, 6.07) is 2.07. The Morgan fingerprint density at radius 3 is 2.94 bits per heavy atom. The van der Waals surface area contributed by atoms with Crippen molar-refractivity contribution in [2.45, 2.75) is 32.7 Å². The summed E-state index contributed by atoms with van der Waals surface area (Å²) >= 11 is 4.50. The SMILES string of the molecule is C/C(Cl)=C1\C(=C/C(C)C#N)CCC1N[S+](N)[O-]. The summed E-state index contributed by atoms with van der Waals surface area (Å²) in [7, 11) is 0. The van der Waals surface area contributed by atoms with Gasteiger partial charge in [-0.05, 0) is 37.8 Å². The Kier molecular flexibility index (Phi) is 5.50. The van der Waals surface area contributed by atoms with Gasteiger partial charge in [-0.15, -0.1) is 9.86 Å². The molecule has 0 aromatic rings. The van der Waals surface area contributed by atoms with Crippen molar-refractivity contribution in [3.05, 3.63) is 22.3 Å². The number of nitriles is 1. The second-order valence-corrected chi connectivity index (χ2v) is 5.46. The van der Waals surface area contributed by atoms with Crippen molar-refractivity contribution in [3.63, 3.8) is 0 Å². The Morgan fingerprint density at radius 1 is 1.82 bits per heavy atom. The van der Waals surface area contributed by atoms with Crippen LogP contribution in [-0.4, -0.2) is 10.6 Å². The first-order valence-electron chi connectivity index (χ1n) is 5.35. The highest BCUT2D eigenvalue weighted by molar-refractivity contribution is 7.87. The highest BCUT2D eigenvalue weighted by atomic mass is 35.5. The molecule has 1 aliphatic carbocycles. The second-order valence-electron chi connectivity index (χ2n) is 4.06. The van der Waals surface area contributed by atoms with E-state index < -0.39 is 11.5 Å². The maximum atomic E-state index is 11.0. The lowest BCUT2D eigenvalue weighted by Crippen LogP contribution is -2.38. The lowest BCUT2D eigenvalue weighted by Gasteiger charge is -2.14. The van der Waals surface area contributed by atoms with E-state index in [2.05, 4.69) is 10.8 Å². The zero-order chi connectivity index (χ0) is 13.0. The van der Waals surface area contributed by atoms with E-state index in [1.54, 1.807) is 6.92 Å². The van der Waals surface area contributed by atoms with E-state index in [9.17, 15) is 4.55 Å². The Morgan fingerprint density at radius 2 is 2.47 bits per heavy atom. The molecule has 1 saturated carbocycles. The maximum Gasteiger partial charge on any atom is 0.132 e. The summed E-state index contributed by atoms with van der Waals surface area (Å²) < 4.78 is 13.8. The first-order chi connectivity index (χ1) is 7.95. The summed E-state index contributed by atoms with van der Waals surface area (Å²) in [6.07, 6.45) is 3.52. The Balaban J connectivity index is 2.95. The van der Waals surface area contributed by atoms with E-state index >= 15 is 0 Å². The molecule has 94 valence electrons. The Labute approximate surface area is 110 Å². The highest BCUT2D eigenvalue weighted by Crippen LogP contribution is 2.35. The minimum atomic E-state index is -1.56. The predicted octanol–water partition coefficient (Wildman–Crippen LogP) is 1.87.